The van der Waals surface area contributed by atoms with Gasteiger partial charge in [0.2, 0.25) is 5.76 Å². The number of aryl methyl sites for hydroxylation is 1. The van der Waals surface area contributed by atoms with E-state index < -0.39 is 5.97 Å². The summed E-state index contributed by atoms with van der Waals surface area (Å²) in [6.45, 7) is 8.33. The van der Waals surface area contributed by atoms with Crippen molar-refractivity contribution in [1.29, 1.82) is 0 Å². The van der Waals surface area contributed by atoms with Crippen LogP contribution in [0.5, 0.6) is 5.75 Å². The molecule has 1 fully saturated rings. The van der Waals surface area contributed by atoms with E-state index in [1.165, 1.54) is 6.42 Å². The van der Waals surface area contributed by atoms with Crippen LogP contribution in [-0.2, 0) is 9.53 Å². The molecular weight excluding hydrogens is 358 g/mol. The van der Waals surface area contributed by atoms with Crippen LogP contribution >= 0.6 is 0 Å². The molecule has 0 radical (unpaired) electrons. The fourth-order valence-corrected chi connectivity index (χ4v) is 3.88. The van der Waals surface area contributed by atoms with Gasteiger partial charge in [0, 0.05) is 17.0 Å². The van der Waals surface area contributed by atoms with Gasteiger partial charge in [-0.15, -0.1) is 0 Å². The van der Waals surface area contributed by atoms with Crippen LogP contribution in [0.2, 0.25) is 0 Å². The molecule has 0 aliphatic heterocycles. The van der Waals surface area contributed by atoms with E-state index in [4.69, 9.17) is 13.9 Å². The van der Waals surface area contributed by atoms with E-state index in [1.807, 2.05) is 13.0 Å². The second-order valence-electron chi connectivity index (χ2n) is 7.66. The Morgan fingerprint density at radius 3 is 2.79 bits per heavy atom. The minimum absolute atomic E-state index is 0.121. The molecule has 0 unspecified atom stereocenters. The highest BCUT2D eigenvalue weighted by molar-refractivity contribution is 5.97. The second-order valence-corrected chi connectivity index (χ2v) is 7.66. The molecule has 1 amide bonds. The lowest BCUT2D eigenvalue weighted by Crippen LogP contribution is -2.45. The van der Waals surface area contributed by atoms with Gasteiger partial charge in [0.25, 0.3) is 5.91 Å². The van der Waals surface area contributed by atoms with Crippen molar-refractivity contribution >= 4 is 22.8 Å². The number of rotatable bonds is 6. The lowest BCUT2D eigenvalue weighted by molar-refractivity contribution is -0.125. The summed E-state index contributed by atoms with van der Waals surface area (Å²) in [4.78, 5) is 24.7. The van der Waals surface area contributed by atoms with Crippen LogP contribution in [0.15, 0.2) is 22.6 Å². The Morgan fingerprint density at radius 2 is 2.04 bits per heavy atom. The summed E-state index contributed by atoms with van der Waals surface area (Å²) in [7, 11) is 0. The number of nitrogens with one attached hydrogen (secondary N) is 1. The average Bonchev–Trinajstić information content (AvgIpc) is 3.00. The van der Waals surface area contributed by atoms with Crippen LogP contribution in [0.25, 0.3) is 11.0 Å². The highest BCUT2D eigenvalue weighted by atomic mass is 16.5. The van der Waals surface area contributed by atoms with Crippen LogP contribution in [-0.4, -0.2) is 31.1 Å². The fraction of sp³-hybridized carbons (Fsp3) is 0.545. The molecule has 152 valence electrons. The van der Waals surface area contributed by atoms with Gasteiger partial charge in [-0.3, -0.25) is 4.79 Å². The number of amides is 1. The first-order chi connectivity index (χ1) is 13.4. The number of carbonyl (C=O) groups excluding carboxylic acids is 2. The summed E-state index contributed by atoms with van der Waals surface area (Å²) in [5.74, 6) is 0.940. The SMILES string of the molecule is CCOc1ccc2oc(C(=O)OCC(=O)N[C@@H]3CCC[C@H](C)[C@@H]3C)c(C)c2c1. The summed E-state index contributed by atoms with van der Waals surface area (Å²) >= 11 is 0. The zero-order chi connectivity index (χ0) is 20.3. The highest BCUT2D eigenvalue weighted by Gasteiger charge is 2.28. The third kappa shape index (κ3) is 4.32. The Morgan fingerprint density at radius 1 is 1.25 bits per heavy atom. The molecule has 1 aromatic carbocycles. The largest absolute Gasteiger partial charge is 0.494 e. The van der Waals surface area contributed by atoms with Gasteiger partial charge < -0.3 is 19.2 Å². The molecule has 3 rings (SSSR count). The number of fused-ring (bicyclic) bond motifs is 1. The first-order valence-corrected chi connectivity index (χ1v) is 10.0. The topological polar surface area (TPSA) is 77.8 Å². The number of hydrogen-bond acceptors (Lipinski definition) is 5. The summed E-state index contributed by atoms with van der Waals surface area (Å²) in [5.41, 5.74) is 1.26. The maximum Gasteiger partial charge on any atom is 0.375 e. The van der Waals surface area contributed by atoms with Crippen LogP contribution in [0.4, 0.5) is 0 Å². The van der Waals surface area contributed by atoms with Gasteiger partial charge >= 0.3 is 5.97 Å². The molecule has 0 spiro atoms. The number of hydrogen-bond donors (Lipinski definition) is 1. The fourth-order valence-electron chi connectivity index (χ4n) is 3.88. The van der Waals surface area contributed by atoms with Crippen molar-refractivity contribution in [2.24, 2.45) is 11.8 Å². The van der Waals surface area contributed by atoms with Gasteiger partial charge in [-0.25, -0.2) is 4.79 Å². The third-order valence-corrected chi connectivity index (χ3v) is 5.79. The van der Waals surface area contributed by atoms with E-state index in [0.29, 0.717) is 35.3 Å². The van der Waals surface area contributed by atoms with Crippen LogP contribution < -0.4 is 10.1 Å². The van der Waals surface area contributed by atoms with E-state index >= 15 is 0 Å². The number of furan rings is 1. The Hall–Kier alpha value is -2.50. The molecular formula is C22H29NO5. The van der Waals surface area contributed by atoms with E-state index in [0.717, 1.165) is 18.2 Å². The number of ether oxygens (including phenoxy) is 2. The molecule has 6 heteroatoms. The van der Waals surface area contributed by atoms with Crippen LogP contribution in [0, 0.1) is 18.8 Å². The normalized spacial score (nSPS) is 22.1. The van der Waals surface area contributed by atoms with Crippen molar-refractivity contribution in [3.8, 4) is 5.75 Å². The predicted molar refractivity (Wildman–Crippen MR) is 107 cm³/mol. The minimum Gasteiger partial charge on any atom is -0.494 e. The van der Waals surface area contributed by atoms with Crippen molar-refractivity contribution in [3.05, 3.63) is 29.5 Å². The lowest BCUT2D eigenvalue weighted by atomic mass is 9.78. The summed E-state index contributed by atoms with van der Waals surface area (Å²) < 4.78 is 16.3. The Labute approximate surface area is 165 Å². The standard InChI is InChI=1S/C22H29NO5/c1-5-26-16-9-10-19-17(11-16)15(4)21(28-19)22(25)27-12-20(24)23-18-8-6-7-13(2)14(18)3/h9-11,13-14,18H,5-8,12H2,1-4H3,(H,23,24)/t13-,14-,18+/m0/s1. The molecule has 1 N–H and O–H groups in total. The highest BCUT2D eigenvalue weighted by Crippen LogP contribution is 2.30. The molecule has 0 saturated heterocycles. The van der Waals surface area contributed by atoms with Gasteiger partial charge in [0.15, 0.2) is 6.61 Å². The van der Waals surface area contributed by atoms with Gasteiger partial charge in [0.05, 0.1) is 6.61 Å². The first-order valence-electron chi connectivity index (χ1n) is 10.0. The maximum atomic E-state index is 12.4. The molecule has 1 aromatic heterocycles. The van der Waals surface area contributed by atoms with Crippen molar-refractivity contribution in [2.75, 3.05) is 13.2 Å². The third-order valence-electron chi connectivity index (χ3n) is 5.79. The maximum absolute atomic E-state index is 12.4. The quantitative estimate of drug-likeness (QED) is 0.750. The lowest BCUT2D eigenvalue weighted by Gasteiger charge is -2.34. The number of benzene rings is 1. The summed E-state index contributed by atoms with van der Waals surface area (Å²) in [6, 6.07) is 5.54. The van der Waals surface area contributed by atoms with Crippen molar-refractivity contribution < 1.29 is 23.5 Å². The summed E-state index contributed by atoms with van der Waals surface area (Å²) in [5, 5.41) is 3.80. The number of esters is 1. The molecule has 6 nitrogen and oxygen atoms in total. The van der Waals surface area contributed by atoms with Gasteiger partial charge in [-0.2, -0.15) is 0 Å². The van der Waals surface area contributed by atoms with E-state index in [-0.39, 0.29) is 24.3 Å². The van der Waals surface area contributed by atoms with Crippen LogP contribution in [0.3, 0.4) is 0 Å². The van der Waals surface area contributed by atoms with Crippen molar-refractivity contribution in [2.45, 2.75) is 53.0 Å². The molecule has 3 atom stereocenters. The van der Waals surface area contributed by atoms with Gasteiger partial charge in [-0.05, 0) is 50.3 Å². The van der Waals surface area contributed by atoms with Gasteiger partial charge in [0.1, 0.15) is 11.3 Å². The molecule has 1 aliphatic rings. The van der Waals surface area contributed by atoms with Crippen molar-refractivity contribution in [1.82, 2.24) is 5.32 Å². The monoisotopic (exact) mass is 387 g/mol. The zero-order valence-corrected chi connectivity index (χ0v) is 17.0. The van der Waals surface area contributed by atoms with Crippen LogP contribution in [0.1, 0.15) is 56.2 Å². The minimum atomic E-state index is -0.633. The molecule has 1 saturated carbocycles. The van der Waals surface area contributed by atoms with E-state index in [2.05, 4.69) is 19.2 Å². The molecule has 28 heavy (non-hydrogen) atoms. The van der Waals surface area contributed by atoms with E-state index in [9.17, 15) is 9.59 Å². The average molecular weight is 387 g/mol. The Kier molecular flexibility index (Phi) is 6.27. The van der Waals surface area contributed by atoms with Crippen molar-refractivity contribution in [3.63, 3.8) is 0 Å². The second kappa shape index (κ2) is 8.67. The molecule has 1 heterocycles. The predicted octanol–water partition coefficient (Wildman–Crippen LogP) is 4.24. The van der Waals surface area contributed by atoms with Gasteiger partial charge in [-0.1, -0.05) is 26.7 Å². The Bertz CT molecular complexity index is 856. The summed E-state index contributed by atoms with van der Waals surface area (Å²) in [6.07, 6.45) is 3.27. The smallest absolute Gasteiger partial charge is 0.375 e. The first kappa shape index (κ1) is 20.2. The molecule has 2 aromatic rings. The molecule has 0 bridgehead atoms. The number of carbonyl (C=O) groups is 2. The molecule has 1 aliphatic carbocycles. The zero-order valence-electron chi connectivity index (χ0n) is 17.0. The Balaban J connectivity index is 1.61. The van der Waals surface area contributed by atoms with E-state index in [1.54, 1.807) is 19.1 Å².